The molecular weight excluding hydrogens is 348 g/mol. The first kappa shape index (κ1) is 18.0. The Morgan fingerprint density at radius 3 is 2.10 bits per heavy atom. The monoisotopic (exact) mass is 372 g/mol. The van der Waals surface area contributed by atoms with Gasteiger partial charge in [-0.25, -0.2) is 0 Å². The Morgan fingerprint density at radius 1 is 1.05 bits per heavy atom. The lowest BCUT2D eigenvalue weighted by Crippen LogP contribution is -2.29. The number of thiol groups is 1. The van der Waals surface area contributed by atoms with Crippen LogP contribution in [0.1, 0.15) is 19.8 Å². The van der Waals surface area contributed by atoms with Crippen LogP contribution in [0.15, 0.2) is 0 Å². The Morgan fingerprint density at radius 2 is 1.60 bits per heavy atom. The van der Waals surface area contributed by atoms with Crippen LogP contribution in [0.5, 0.6) is 0 Å². The van der Waals surface area contributed by atoms with Gasteiger partial charge in [-0.3, -0.25) is 0 Å². The summed E-state index contributed by atoms with van der Waals surface area (Å²) in [7, 11) is 0. The van der Waals surface area contributed by atoms with Crippen LogP contribution in [-0.2, 0) is 0 Å². The van der Waals surface area contributed by atoms with Crippen LogP contribution in [0.3, 0.4) is 0 Å². The first-order chi connectivity index (χ1) is 9.69. The van der Waals surface area contributed by atoms with Crippen molar-refractivity contribution in [2.45, 2.75) is 44.7 Å². The smallest absolute Gasteiger partial charge is 0.0626 e. The molecule has 0 spiro atoms. The van der Waals surface area contributed by atoms with Crippen molar-refractivity contribution < 1.29 is 10.2 Å². The SMILES string of the molecule is CCCC(C1SCC(CO)S1)C(S)C1SCC(CO)S1. The van der Waals surface area contributed by atoms with Crippen LogP contribution in [-0.4, -0.2) is 59.8 Å². The zero-order valence-corrected chi connectivity index (χ0v) is 15.8. The lowest BCUT2D eigenvalue weighted by atomic mass is 10.0. The Bertz CT molecular complexity index is 294. The molecule has 0 aliphatic carbocycles. The summed E-state index contributed by atoms with van der Waals surface area (Å²) in [5, 5.41) is 19.8. The van der Waals surface area contributed by atoms with Crippen molar-refractivity contribution in [1.82, 2.24) is 0 Å². The molecule has 7 heteroatoms. The van der Waals surface area contributed by atoms with Crippen molar-refractivity contribution in [3.63, 3.8) is 0 Å². The summed E-state index contributed by atoms with van der Waals surface area (Å²) >= 11 is 12.8. The van der Waals surface area contributed by atoms with Gasteiger partial charge in [-0.2, -0.15) is 12.6 Å². The van der Waals surface area contributed by atoms with Gasteiger partial charge in [0.15, 0.2) is 0 Å². The maximum absolute atomic E-state index is 9.32. The summed E-state index contributed by atoms with van der Waals surface area (Å²) in [6.07, 6.45) is 2.40. The van der Waals surface area contributed by atoms with Gasteiger partial charge in [0.1, 0.15) is 0 Å². The van der Waals surface area contributed by atoms with Crippen LogP contribution in [0.25, 0.3) is 0 Å². The minimum atomic E-state index is 0.284. The molecule has 2 saturated heterocycles. The number of hydrogen-bond donors (Lipinski definition) is 3. The molecule has 6 atom stereocenters. The fourth-order valence-corrected chi connectivity index (χ4v) is 10.5. The van der Waals surface area contributed by atoms with E-state index in [9.17, 15) is 10.2 Å². The van der Waals surface area contributed by atoms with Crippen LogP contribution in [0.4, 0.5) is 0 Å². The van der Waals surface area contributed by atoms with Crippen molar-refractivity contribution in [3.8, 4) is 0 Å². The van der Waals surface area contributed by atoms with Gasteiger partial charge in [0.05, 0.1) is 22.4 Å². The molecule has 0 aromatic rings. The molecule has 0 aromatic carbocycles. The summed E-state index contributed by atoms with van der Waals surface area (Å²) in [6, 6.07) is 0. The van der Waals surface area contributed by atoms with E-state index in [0.717, 1.165) is 11.5 Å². The predicted octanol–water partition coefficient (Wildman–Crippen LogP) is 3.04. The van der Waals surface area contributed by atoms with E-state index in [1.54, 1.807) is 0 Å². The molecule has 0 radical (unpaired) electrons. The maximum Gasteiger partial charge on any atom is 0.0626 e. The van der Waals surface area contributed by atoms with Crippen molar-refractivity contribution in [3.05, 3.63) is 0 Å². The topological polar surface area (TPSA) is 40.5 Å². The summed E-state index contributed by atoms with van der Waals surface area (Å²) in [6.45, 7) is 2.82. The molecule has 0 amide bonds. The summed E-state index contributed by atoms with van der Waals surface area (Å²) in [5.74, 6) is 2.71. The number of aliphatic hydroxyl groups is 2. The molecule has 2 nitrogen and oxygen atoms in total. The highest BCUT2D eigenvalue weighted by molar-refractivity contribution is 8.21. The molecule has 2 aliphatic heterocycles. The van der Waals surface area contributed by atoms with Crippen molar-refractivity contribution in [1.29, 1.82) is 0 Å². The van der Waals surface area contributed by atoms with Crippen LogP contribution >= 0.6 is 59.7 Å². The highest BCUT2D eigenvalue weighted by atomic mass is 32.2. The first-order valence-electron chi connectivity index (χ1n) is 7.13. The fourth-order valence-electron chi connectivity index (χ4n) is 2.54. The minimum Gasteiger partial charge on any atom is -0.395 e. The average Bonchev–Trinajstić information content (AvgIpc) is 3.12. The number of thioether (sulfide) groups is 4. The van der Waals surface area contributed by atoms with Gasteiger partial charge < -0.3 is 10.2 Å². The van der Waals surface area contributed by atoms with Crippen molar-refractivity contribution in [2.75, 3.05) is 24.7 Å². The summed E-state index contributed by atoms with van der Waals surface area (Å²) in [5.41, 5.74) is 0. The van der Waals surface area contributed by atoms with Crippen LogP contribution in [0, 0.1) is 5.92 Å². The lowest BCUT2D eigenvalue weighted by molar-refractivity contribution is 0.301. The van der Waals surface area contributed by atoms with Crippen molar-refractivity contribution >= 4 is 59.7 Å². The minimum absolute atomic E-state index is 0.284. The molecule has 2 N–H and O–H groups in total. The summed E-state index contributed by atoms with van der Waals surface area (Å²) in [4.78, 5) is 0. The molecule has 20 heavy (non-hydrogen) atoms. The van der Waals surface area contributed by atoms with Gasteiger partial charge in [0.2, 0.25) is 0 Å². The van der Waals surface area contributed by atoms with Crippen LogP contribution in [0.2, 0.25) is 0 Å². The van der Waals surface area contributed by atoms with Gasteiger partial charge in [-0.1, -0.05) is 13.3 Å². The number of rotatable bonds is 7. The van der Waals surface area contributed by atoms with E-state index in [1.807, 2.05) is 47.0 Å². The Kier molecular flexibility index (Phi) is 8.18. The first-order valence-corrected chi connectivity index (χ1v) is 11.6. The molecule has 0 aromatic heterocycles. The molecule has 118 valence electrons. The van der Waals surface area contributed by atoms with Gasteiger partial charge in [-0.15, -0.1) is 47.0 Å². The molecule has 0 saturated carbocycles. The fraction of sp³-hybridized carbons (Fsp3) is 1.00. The average molecular weight is 373 g/mol. The highest BCUT2D eigenvalue weighted by Gasteiger charge is 2.40. The second-order valence-electron chi connectivity index (χ2n) is 5.23. The Labute approximate surface area is 144 Å². The van der Waals surface area contributed by atoms with Gasteiger partial charge in [0, 0.05) is 27.3 Å². The zero-order chi connectivity index (χ0) is 14.5. The van der Waals surface area contributed by atoms with E-state index < -0.39 is 0 Å². The molecule has 0 bridgehead atoms. The lowest BCUT2D eigenvalue weighted by Gasteiger charge is -2.31. The molecule has 2 fully saturated rings. The van der Waals surface area contributed by atoms with E-state index in [2.05, 4.69) is 6.92 Å². The Hall–Kier alpha value is 1.67. The van der Waals surface area contributed by atoms with E-state index in [0.29, 0.717) is 37.4 Å². The highest BCUT2D eigenvalue weighted by Crippen LogP contribution is 2.50. The molecule has 6 unspecified atom stereocenters. The Balaban J connectivity index is 1.94. The third-order valence-corrected chi connectivity index (χ3v) is 11.7. The van der Waals surface area contributed by atoms with Crippen LogP contribution < -0.4 is 0 Å². The summed E-state index contributed by atoms with van der Waals surface area (Å²) < 4.78 is 1.07. The van der Waals surface area contributed by atoms with Gasteiger partial charge >= 0.3 is 0 Å². The van der Waals surface area contributed by atoms with Crippen molar-refractivity contribution in [2.24, 2.45) is 5.92 Å². The van der Waals surface area contributed by atoms with Gasteiger partial charge in [-0.05, 0) is 12.3 Å². The normalized spacial score (nSPS) is 37.2. The largest absolute Gasteiger partial charge is 0.395 e. The third kappa shape index (κ3) is 4.59. The molecule has 2 heterocycles. The number of hydrogen-bond acceptors (Lipinski definition) is 7. The van der Waals surface area contributed by atoms with E-state index in [4.69, 9.17) is 12.6 Å². The quantitative estimate of drug-likeness (QED) is 0.597. The third-order valence-electron chi connectivity index (χ3n) is 3.64. The zero-order valence-electron chi connectivity index (χ0n) is 11.7. The predicted molar refractivity (Wildman–Crippen MR) is 101 cm³/mol. The maximum atomic E-state index is 9.32. The number of aliphatic hydroxyl groups excluding tert-OH is 2. The van der Waals surface area contributed by atoms with E-state index in [1.165, 1.54) is 12.8 Å². The van der Waals surface area contributed by atoms with Gasteiger partial charge in [0.25, 0.3) is 0 Å². The second-order valence-corrected chi connectivity index (χ2v) is 11.7. The molecule has 2 rings (SSSR count). The molecule has 2 aliphatic rings. The standard InChI is InChI=1S/C13H24O2S5/c1-2-3-10(12-17-6-8(4-14)19-12)11(16)13-18-7-9(5-15)20-13/h8-16H,2-7H2,1H3. The van der Waals surface area contributed by atoms with E-state index in [-0.39, 0.29) is 6.61 Å². The molecular formula is C13H24O2S5. The second kappa shape index (κ2) is 9.08. The van der Waals surface area contributed by atoms with E-state index >= 15 is 0 Å².